The van der Waals surface area contributed by atoms with Gasteiger partial charge in [0.15, 0.2) is 6.29 Å². The molecule has 1 aromatic heterocycles. The zero-order valence-electron chi connectivity index (χ0n) is 21.6. The zero-order valence-corrected chi connectivity index (χ0v) is 21.6. The summed E-state index contributed by atoms with van der Waals surface area (Å²) >= 11 is 0. The van der Waals surface area contributed by atoms with Crippen LogP contribution in [0.25, 0.3) is 22.3 Å². The molecule has 0 saturated heterocycles. The van der Waals surface area contributed by atoms with Crippen LogP contribution in [0.15, 0.2) is 89.3 Å². The number of benzene rings is 3. The van der Waals surface area contributed by atoms with Gasteiger partial charge in [-0.15, -0.1) is 0 Å². The molecule has 0 aliphatic carbocycles. The molecular formula is C31H33NO6. The van der Waals surface area contributed by atoms with E-state index in [1.807, 2.05) is 72.8 Å². The lowest BCUT2D eigenvalue weighted by Crippen LogP contribution is -2.47. The van der Waals surface area contributed by atoms with Gasteiger partial charge in [0.2, 0.25) is 0 Å². The second-order valence-electron chi connectivity index (χ2n) is 9.29. The summed E-state index contributed by atoms with van der Waals surface area (Å²) in [5.41, 5.74) is 3.26. The molecule has 4 aromatic rings. The van der Waals surface area contributed by atoms with Crippen molar-refractivity contribution >= 4 is 22.8 Å². The molecule has 3 aromatic carbocycles. The van der Waals surface area contributed by atoms with Crippen molar-refractivity contribution in [3.63, 3.8) is 0 Å². The standard InChI is InChI=1S/C31H33NO6/c1-36-31(37-2)26(19-25(30(34)35)13-8-11-21-9-4-3-5-10-21)32-29(33)23-17-15-22(16-18-23)28-20-24-12-6-7-14-27(24)38-28/h3-7,9-10,12,14-18,20,25-26,31H,8,11,13,19H2,1-2H3,(H,32,33)(H,34,35)/t25-,26-/m0/s1. The number of para-hydroxylation sites is 1. The molecule has 0 bridgehead atoms. The van der Waals surface area contributed by atoms with Gasteiger partial charge in [-0.05, 0) is 55.5 Å². The third kappa shape index (κ3) is 6.88. The van der Waals surface area contributed by atoms with E-state index >= 15 is 0 Å². The van der Waals surface area contributed by atoms with Crippen molar-refractivity contribution in [2.24, 2.45) is 5.92 Å². The number of carbonyl (C=O) groups excluding carboxylic acids is 1. The number of ether oxygens (including phenoxy) is 2. The monoisotopic (exact) mass is 515 g/mol. The van der Waals surface area contributed by atoms with E-state index in [0.717, 1.165) is 35.1 Å². The normalized spacial score (nSPS) is 12.9. The molecular weight excluding hydrogens is 482 g/mol. The first kappa shape index (κ1) is 27.1. The highest BCUT2D eigenvalue weighted by atomic mass is 16.7. The van der Waals surface area contributed by atoms with Gasteiger partial charge in [0.25, 0.3) is 5.91 Å². The molecule has 1 heterocycles. The van der Waals surface area contributed by atoms with Gasteiger partial charge in [-0.25, -0.2) is 0 Å². The number of carboxylic acid groups (broad SMARTS) is 1. The lowest BCUT2D eigenvalue weighted by molar-refractivity contribution is -0.146. The van der Waals surface area contributed by atoms with Gasteiger partial charge in [0.1, 0.15) is 11.3 Å². The van der Waals surface area contributed by atoms with Crippen molar-refractivity contribution in [3.8, 4) is 11.3 Å². The van der Waals surface area contributed by atoms with Crippen LogP contribution >= 0.6 is 0 Å². The molecule has 2 N–H and O–H groups in total. The summed E-state index contributed by atoms with van der Waals surface area (Å²) in [4.78, 5) is 25.2. The van der Waals surface area contributed by atoms with E-state index in [4.69, 9.17) is 13.9 Å². The number of aryl methyl sites for hydroxylation is 1. The number of nitrogens with one attached hydrogen (secondary N) is 1. The van der Waals surface area contributed by atoms with Crippen molar-refractivity contribution in [2.75, 3.05) is 14.2 Å². The first-order chi connectivity index (χ1) is 18.5. The number of rotatable bonds is 13. The number of methoxy groups -OCH3 is 2. The van der Waals surface area contributed by atoms with Crippen LogP contribution in [0, 0.1) is 5.92 Å². The number of amides is 1. The first-order valence-electron chi connectivity index (χ1n) is 12.7. The van der Waals surface area contributed by atoms with E-state index in [0.29, 0.717) is 12.0 Å². The topological polar surface area (TPSA) is 98.0 Å². The van der Waals surface area contributed by atoms with Crippen LogP contribution in [0.4, 0.5) is 0 Å². The zero-order chi connectivity index (χ0) is 26.9. The largest absolute Gasteiger partial charge is 0.481 e. The molecule has 0 spiro atoms. The average Bonchev–Trinajstić information content (AvgIpc) is 3.38. The molecule has 198 valence electrons. The highest BCUT2D eigenvalue weighted by Crippen LogP contribution is 2.28. The third-order valence-corrected chi connectivity index (χ3v) is 6.72. The van der Waals surface area contributed by atoms with Gasteiger partial charge in [-0.3, -0.25) is 9.59 Å². The van der Waals surface area contributed by atoms with Gasteiger partial charge in [-0.2, -0.15) is 0 Å². The van der Waals surface area contributed by atoms with E-state index in [1.54, 1.807) is 12.1 Å². The summed E-state index contributed by atoms with van der Waals surface area (Å²) in [5.74, 6) is -1.18. The number of hydrogen-bond acceptors (Lipinski definition) is 5. The van der Waals surface area contributed by atoms with Crippen LogP contribution in [0.1, 0.15) is 35.2 Å². The maximum atomic E-state index is 13.1. The van der Waals surface area contributed by atoms with Crippen LogP contribution < -0.4 is 5.32 Å². The van der Waals surface area contributed by atoms with Crippen molar-refractivity contribution in [3.05, 3.63) is 96.1 Å². The molecule has 7 nitrogen and oxygen atoms in total. The molecule has 1 amide bonds. The Morgan fingerprint density at radius 3 is 2.26 bits per heavy atom. The SMILES string of the molecule is COC(OC)[C@H](C[C@H](CCCc1ccccc1)C(=O)O)NC(=O)c1ccc(-c2cc3ccccc3o2)cc1. The Morgan fingerprint density at radius 1 is 0.921 bits per heavy atom. The Labute approximate surface area is 222 Å². The molecule has 2 atom stereocenters. The van der Waals surface area contributed by atoms with Crippen molar-refractivity contribution < 1.29 is 28.6 Å². The molecule has 0 radical (unpaired) electrons. The van der Waals surface area contributed by atoms with Crippen LogP contribution in [-0.4, -0.2) is 43.5 Å². The van der Waals surface area contributed by atoms with Crippen LogP contribution in [0.2, 0.25) is 0 Å². The summed E-state index contributed by atoms with van der Waals surface area (Å²) in [7, 11) is 2.95. The van der Waals surface area contributed by atoms with E-state index in [9.17, 15) is 14.7 Å². The predicted octanol–water partition coefficient (Wildman–Crippen LogP) is 5.93. The minimum atomic E-state index is -0.904. The van der Waals surface area contributed by atoms with E-state index < -0.39 is 24.2 Å². The Kier molecular flexibility index (Phi) is 9.30. The number of furan rings is 1. The van der Waals surface area contributed by atoms with Gasteiger partial charge < -0.3 is 24.3 Å². The van der Waals surface area contributed by atoms with E-state index in [-0.39, 0.29) is 12.3 Å². The smallest absolute Gasteiger partial charge is 0.306 e. The lowest BCUT2D eigenvalue weighted by atomic mass is 9.92. The lowest BCUT2D eigenvalue weighted by Gasteiger charge is -2.28. The fraction of sp³-hybridized carbons (Fsp3) is 0.290. The summed E-state index contributed by atoms with van der Waals surface area (Å²) < 4.78 is 16.7. The molecule has 4 rings (SSSR count). The molecule has 7 heteroatoms. The van der Waals surface area contributed by atoms with Crippen molar-refractivity contribution in [1.82, 2.24) is 5.32 Å². The summed E-state index contributed by atoms with van der Waals surface area (Å²) in [5, 5.41) is 13.8. The van der Waals surface area contributed by atoms with Crippen LogP contribution in [0.5, 0.6) is 0 Å². The summed E-state index contributed by atoms with van der Waals surface area (Å²) in [6.07, 6.45) is 1.37. The van der Waals surface area contributed by atoms with Gasteiger partial charge in [-0.1, -0.05) is 60.7 Å². The van der Waals surface area contributed by atoms with Crippen LogP contribution in [-0.2, 0) is 20.7 Å². The Bertz CT molecular complexity index is 1290. The predicted molar refractivity (Wildman–Crippen MR) is 146 cm³/mol. The molecule has 0 saturated carbocycles. The molecule has 38 heavy (non-hydrogen) atoms. The molecule has 0 unspecified atom stereocenters. The average molecular weight is 516 g/mol. The first-order valence-corrected chi connectivity index (χ1v) is 12.7. The van der Waals surface area contributed by atoms with Crippen LogP contribution in [0.3, 0.4) is 0 Å². The minimum absolute atomic E-state index is 0.180. The summed E-state index contributed by atoms with van der Waals surface area (Å²) in [6.45, 7) is 0. The second kappa shape index (κ2) is 13.0. The van der Waals surface area contributed by atoms with Crippen molar-refractivity contribution in [2.45, 2.75) is 38.0 Å². The number of hydrogen-bond donors (Lipinski definition) is 2. The Balaban J connectivity index is 1.42. The van der Waals surface area contributed by atoms with E-state index in [1.165, 1.54) is 19.8 Å². The molecule has 0 fully saturated rings. The van der Waals surface area contributed by atoms with Gasteiger partial charge >= 0.3 is 5.97 Å². The second-order valence-corrected chi connectivity index (χ2v) is 9.29. The van der Waals surface area contributed by atoms with E-state index in [2.05, 4.69) is 5.32 Å². The number of aliphatic carboxylic acids is 1. The minimum Gasteiger partial charge on any atom is -0.481 e. The Morgan fingerprint density at radius 2 is 1.61 bits per heavy atom. The van der Waals surface area contributed by atoms with Crippen molar-refractivity contribution in [1.29, 1.82) is 0 Å². The molecule has 0 aliphatic rings. The highest BCUT2D eigenvalue weighted by molar-refractivity contribution is 5.95. The summed E-state index contributed by atoms with van der Waals surface area (Å²) in [6, 6.07) is 26.2. The fourth-order valence-corrected chi connectivity index (χ4v) is 4.67. The van der Waals surface area contributed by atoms with Gasteiger partial charge in [0, 0.05) is 30.7 Å². The maximum Gasteiger partial charge on any atom is 0.306 e. The molecule has 0 aliphatic heterocycles. The maximum absolute atomic E-state index is 13.1. The fourth-order valence-electron chi connectivity index (χ4n) is 4.67. The Hall–Kier alpha value is -3.94. The van der Waals surface area contributed by atoms with Gasteiger partial charge in [0.05, 0.1) is 12.0 Å². The number of carboxylic acids is 1. The number of fused-ring (bicyclic) bond motifs is 1. The number of carbonyl (C=O) groups is 2. The third-order valence-electron chi connectivity index (χ3n) is 6.72. The highest BCUT2D eigenvalue weighted by Gasteiger charge is 2.30. The quantitative estimate of drug-likeness (QED) is 0.214.